The van der Waals surface area contributed by atoms with Gasteiger partial charge in [0.25, 0.3) is 0 Å². The Balaban J connectivity index is -0.0000000569. The Morgan fingerprint density at radius 3 is 1.33 bits per heavy atom. The van der Waals surface area contributed by atoms with Crippen molar-refractivity contribution in [2.75, 3.05) is 18.5 Å². The zero-order valence-electron chi connectivity index (χ0n) is 8.63. The second kappa shape index (κ2) is 23.1. The molecule has 0 atom stereocenters. The van der Waals surface area contributed by atoms with Crippen molar-refractivity contribution >= 4 is 15.6 Å². The summed E-state index contributed by atoms with van der Waals surface area (Å²) in [6.07, 6.45) is 4.26. The minimum absolute atomic E-state index is 0. The van der Waals surface area contributed by atoms with Gasteiger partial charge in [-0.25, -0.2) is 0 Å². The zero-order valence-corrected chi connectivity index (χ0v) is 12.6. The van der Waals surface area contributed by atoms with Gasteiger partial charge in [0.1, 0.15) is 0 Å². The zero-order chi connectivity index (χ0) is 8.41. The predicted molar refractivity (Wildman–Crippen MR) is 51.5 cm³/mol. The fourth-order valence-electron chi connectivity index (χ4n) is 0.671. The van der Waals surface area contributed by atoms with Gasteiger partial charge in [-0.3, -0.25) is 0 Å². The minimum Gasteiger partial charge on any atom is -0.859 e. The maximum absolute atomic E-state index is 8.49. The van der Waals surface area contributed by atoms with Gasteiger partial charge in [-0.2, -0.15) is 0 Å². The Morgan fingerprint density at radius 2 is 1.33 bits per heavy atom. The molecule has 0 radical (unpaired) electrons. The molecule has 0 fully saturated rings. The first-order valence-corrected chi connectivity index (χ1v) is 5.57. The Hall–Kier alpha value is 2.01. The molecule has 3 N–H and O–H groups in total. The van der Waals surface area contributed by atoms with Gasteiger partial charge >= 0.3 is 51.4 Å². The van der Waals surface area contributed by atoms with Gasteiger partial charge in [0.15, 0.2) is 7.69 Å². The number of rotatable bonds is 3. The molecule has 0 aliphatic carbocycles. The first-order valence-electron chi connectivity index (χ1n) is 3.67. The van der Waals surface area contributed by atoms with Crippen LogP contribution in [0.2, 0.25) is 0 Å². The smallest absolute Gasteiger partial charge is 0.859 e. The van der Waals surface area contributed by atoms with Crippen molar-refractivity contribution in [3.63, 3.8) is 0 Å². The van der Waals surface area contributed by atoms with Gasteiger partial charge < -0.3 is 15.5 Å². The quantitative estimate of drug-likeness (QED) is 0.393. The maximum atomic E-state index is 8.49. The van der Waals surface area contributed by atoms with Crippen LogP contribution in [-0.2, 0) is 0 Å². The van der Waals surface area contributed by atoms with E-state index in [0.29, 0.717) is 7.92 Å². The SMILES string of the molecule is CCP(CC)CC.O.[K+].[O-]BO. The molecule has 0 spiro atoms. The molecule has 0 aromatic rings. The fraction of sp³-hybridized carbons (Fsp3) is 1.00. The molecule has 0 saturated heterocycles. The summed E-state index contributed by atoms with van der Waals surface area (Å²) >= 11 is 0. The molecule has 0 rings (SSSR count). The van der Waals surface area contributed by atoms with Crippen LogP contribution in [0.15, 0.2) is 0 Å². The number of hydrogen-bond donors (Lipinski definition) is 1. The summed E-state index contributed by atoms with van der Waals surface area (Å²) in [4.78, 5) is 0. The molecule has 0 aromatic carbocycles. The van der Waals surface area contributed by atoms with Crippen molar-refractivity contribution < 1.29 is 66.9 Å². The van der Waals surface area contributed by atoms with Crippen LogP contribution in [0, 0.1) is 0 Å². The molecule has 0 heterocycles. The molecule has 6 heteroatoms. The van der Waals surface area contributed by atoms with Crippen LogP contribution >= 0.6 is 7.92 Å². The Morgan fingerprint density at radius 1 is 1.17 bits per heavy atom. The summed E-state index contributed by atoms with van der Waals surface area (Å²) in [5, 5.41) is 15.5. The Labute approximate surface area is 120 Å². The third-order valence-corrected chi connectivity index (χ3v) is 4.02. The van der Waals surface area contributed by atoms with Gasteiger partial charge in [-0.15, -0.1) is 7.92 Å². The topological polar surface area (TPSA) is 74.8 Å². The first-order chi connectivity index (χ1) is 4.76. The molecule has 70 valence electrons. The second-order valence-electron chi connectivity index (χ2n) is 1.75. The molecule has 0 aliphatic heterocycles. The van der Waals surface area contributed by atoms with E-state index >= 15 is 0 Å². The van der Waals surface area contributed by atoms with Crippen LogP contribution < -0.4 is 56.4 Å². The molecular formula is C6H19BKO3P. The largest absolute Gasteiger partial charge is 1.00 e. The molecule has 12 heavy (non-hydrogen) atoms. The van der Waals surface area contributed by atoms with E-state index in [0.717, 1.165) is 0 Å². The van der Waals surface area contributed by atoms with E-state index < -0.39 is 7.69 Å². The summed E-state index contributed by atoms with van der Waals surface area (Å²) in [6.45, 7) is 6.87. The Bertz CT molecular complexity index is 52.5. The summed E-state index contributed by atoms with van der Waals surface area (Å²) in [5.41, 5.74) is 0. The first kappa shape index (κ1) is 23.7. The van der Waals surface area contributed by atoms with Gasteiger partial charge in [0.2, 0.25) is 0 Å². The van der Waals surface area contributed by atoms with E-state index in [1.165, 1.54) is 18.5 Å². The molecule has 0 bridgehead atoms. The monoisotopic (exact) mass is 220 g/mol. The van der Waals surface area contributed by atoms with Gasteiger partial charge in [0.05, 0.1) is 0 Å². The average molecular weight is 220 g/mol. The Kier molecular flexibility index (Phi) is 45.6. The summed E-state index contributed by atoms with van der Waals surface area (Å²) in [5.74, 6) is 0. The van der Waals surface area contributed by atoms with Crippen molar-refractivity contribution in [2.45, 2.75) is 20.8 Å². The van der Waals surface area contributed by atoms with Crippen LogP contribution in [-0.4, -0.2) is 36.7 Å². The summed E-state index contributed by atoms with van der Waals surface area (Å²) < 4.78 is 0. The third-order valence-electron chi connectivity index (χ3n) is 1.34. The van der Waals surface area contributed by atoms with Crippen molar-refractivity contribution in [1.82, 2.24) is 0 Å². The van der Waals surface area contributed by atoms with Crippen molar-refractivity contribution in [2.24, 2.45) is 0 Å². The third kappa shape index (κ3) is 22.7. The molecule has 0 unspecified atom stereocenters. The standard InChI is InChI=1S/C6H15P.BH2O2.K.H2O/c1-4-7(5-2)6-3;2-1-3;;/h4-6H2,1-3H3;1-2H;;1H2/q;-1;+1;. The summed E-state index contributed by atoms with van der Waals surface area (Å²) in [7, 11) is -0.554. The van der Waals surface area contributed by atoms with Crippen LogP contribution in [0.1, 0.15) is 20.8 Å². The summed E-state index contributed by atoms with van der Waals surface area (Å²) in [6, 6.07) is 0. The van der Waals surface area contributed by atoms with E-state index in [1.807, 2.05) is 0 Å². The molecule has 0 saturated carbocycles. The molecule has 0 aromatic heterocycles. The minimum atomic E-state index is -1.00. The van der Waals surface area contributed by atoms with E-state index in [-0.39, 0.29) is 56.9 Å². The van der Waals surface area contributed by atoms with Gasteiger partial charge in [-0.05, 0) is 18.5 Å². The second-order valence-corrected chi connectivity index (χ2v) is 4.99. The van der Waals surface area contributed by atoms with Crippen LogP contribution in [0.25, 0.3) is 0 Å². The maximum Gasteiger partial charge on any atom is 1.00 e. The molecular weight excluding hydrogens is 201 g/mol. The average Bonchev–Trinajstić information content (AvgIpc) is 1.93. The molecule has 0 aliphatic rings. The molecule has 3 nitrogen and oxygen atoms in total. The van der Waals surface area contributed by atoms with Crippen LogP contribution in [0.3, 0.4) is 0 Å². The normalized spacial score (nSPS) is 7.17. The van der Waals surface area contributed by atoms with E-state index in [4.69, 9.17) is 10.0 Å². The number of hydrogen-bond acceptors (Lipinski definition) is 2. The van der Waals surface area contributed by atoms with Crippen molar-refractivity contribution in [3.05, 3.63) is 0 Å². The van der Waals surface area contributed by atoms with E-state index in [2.05, 4.69) is 20.8 Å². The van der Waals surface area contributed by atoms with E-state index in [1.54, 1.807) is 0 Å². The van der Waals surface area contributed by atoms with E-state index in [9.17, 15) is 0 Å². The van der Waals surface area contributed by atoms with Crippen molar-refractivity contribution in [3.8, 4) is 0 Å². The molecule has 0 amide bonds. The van der Waals surface area contributed by atoms with Gasteiger partial charge in [0, 0.05) is 0 Å². The van der Waals surface area contributed by atoms with Crippen molar-refractivity contribution in [1.29, 1.82) is 0 Å². The van der Waals surface area contributed by atoms with Crippen LogP contribution in [0.5, 0.6) is 0 Å². The van der Waals surface area contributed by atoms with Crippen LogP contribution in [0.4, 0.5) is 0 Å². The predicted octanol–water partition coefficient (Wildman–Crippen LogP) is -3.69. The fourth-order valence-corrected chi connectivity index (χ4v) is 2.01. The van der Waals surface area contributed by atoms with Gasteiger partial charge in [-0.1, -0.05) is 20.8 Å².